The van der Waals surface area contributed by atoms with Crippen LogP contribution in [0.4, 0.5) is 0 Å². The Morgan fingerprint density at radius 1 is 1.44 bits per heavy atom. The zero-order valence-electron chi connectivity index (χ0n) is 11.2. The predicted molar refractivity (Wildman–Crippen MR) is 71.5 cm³/mol. The average Bonchev–Trinajstić information content (AvgIpc) is 2.73. The Kier molecular flexibility index (Phi) is 4.28. The lowest BCUT2D eigenvalue weighted by atomic mass is 10.3. The van der Waals surface area contributed by atoms with Crippen LogP contribution in [0.2, 0.25) is 0 Å². The van der Waals surface area contributed by atoms with E-state index >= 15 is 0 Å². The van der Waals surface area contributed by atoms with Gasteiger partial charge in [0.1, 0.15) is 11.3 Å². The van der Waals surface area contributed by atoms with Crippen molar-refractivity contribution in [1.29, 1.82) is 0 Å². The second kappa shape index (κ2) is 5.93. The van der Waals surface area contributed by atoms with Crippen molar-refractivity contribution in [3.8, 4) is 0 Å². The normalized spacial score (nSPS) is 11.6. The first kappa shape index (κ1) is 13.0. The predicted octanol–water partition coefficient (Wildman–Crippen LogP) is 1.75. The van der Waals surface area contributed by atoms with Gasteiger partial charge in [-0.05, 0) is 26.0 Å². The first-order valence-corrected chi connectivity index (χ1v) is 6.25. The lowest BCUT2D eigenvalue weighted by molar-refractivity contribution is 0.198. The lowest BCUT2D eigenvalue weighted by Crippen LogP contribution is -2.21. The first-order chi connectivity index (χ1) is 8.74. The van der Waals surface area contributed by atoms with E-state index in [0.29, 0.717) is 12.6 Å². The molecule has 2 rings (SSSR count). The monoisotopic (exact) mass is 248 g/mol. The fourth-order valence-corrected chi connectivity index (χ4v) is 2.02. The van der Waals surface area contributed by atoms with Gasteiger partial charge in [0.05, 0.1) is 13.2 Å². The minimum atomic E-state index is 0.351. The molecule has 0 fully saturated rings. The maximum Gasteiger partial charge on any atom is 0.160 e. The Balaban J connectivity index is 2.23. The topological polar surface area (TPSA) is 52.0 Å². The fraction of sp³-hybridized carbons (Fsp3) is 0.538. The summed E-state index contributed by atoms with van der Waals surface area (Å²) in [6.45, 7) is 6.56. The fourth-order valence-electron chi connectivity index (χ4n) is 2.02. The summed E-state index contributed by atoms with van der Waals surface area (Å²) < 4.78 is 7.19. The Morgan fingerprint density at radius 2 is 2.28 bits per heavy atom. The van der Waals surface area contributed by atoms with Gasteiger partial charge in [-0.3, -0.25) is 0 Å². The summed E-state index contributed by atoms with van der Waals surface area (Å²) in [6, 6.07) is 4.27. The van der Waals surface area contributed by atoms with Crippen LogP contribution in [0.3, 0.4) is 0 Å². The summed E-state index contributed by atoms with van der Waals surface area (Å²) in [5, 5.41) is 3.32. The molecular formula is C13H20N4O. The summed E-state index contributed by atoms with van der Waals surface area (Å²) in [4.78, 5) is 9.04. The number of imidazole rings is 1. The minimum absolute atomic E-state index is 0.351. The van der Waals surface area contributed by atoms with Crippen molar-refractivity contribution in [2.45, 2.75) is 26.4 Å². The van der Waals surface area contributed by atoms with E-state index in [1.165, 1.54) is 0 Å². The van der Waals surface area contributed by atoms with E-state index in [-0.39, 0.29) is 0 Å². The molecule has 0 radical (unpaired) electrons. The smallest absolute Gasteiger partial charge is 0.160 e. The zero-order chi connectivity index (χ0) is 13.0. The Bertz CT molecular complexity index is 507. The second-order valence-corrected chi connectivity index (χ2v) is 4.51. The average molecular weight is 248 g/mol. The van der Waals surface area contributed by atoms with Crippen LogP contribution in [-0.2, 0) is 11.3 Å². The molecule has 0 amide bonds. The van der Waals surface area contributed by atoms with Crippen LogP contribution in [0.25, 0.3) is 11.2 Å². The van der Waals surface area contributed by atoms with E-state index in [1.54, 1.807) is 7.11 Å². The van der Waals surface area contributed by atoms with Crippen LogP contribution in [-0.4, -0.2) is 34.8 Å². The summed E-state index contributed by atoms with van der Waals surface area (Å²) in [7, 11) is 1.70. The highest BCUT2D eigenvalue weighted by Gasteiger charge is 2.13. The molecule has 0 bridgehead atoms. The van der Waals surface area contributed by atoms with Crippen LogP contribution < -0.4 is 5.32 Å². The SMILES string of the molecule is COCCNCc1nc2cccnc2n1C(C)C. The van der Waals surface area contributed by atoms with Gasteiger partial charge in [-0.2, -0.15) is 0 Å². The van der Waals surface area contributed by atoms with Crippen molar-refractivity contribution >= 4 is 11.2 Å². The molecule has 0 aliphatic carbocycles. The number of nitrogens with one attached hydrogen (secondary N) is 1. The van der Waals surface area contributed by atoms with Crippen LogP contribution in [0, 0.1) is 0 Å². The van der Waals surface area contributed by atoms with E-state index in [9.17, 15) is 0 Å². The quantitative estimate of drug-likeness (QED) is 0.791. The molecule has 0 aromatic carbocycles. The molecule has 0 atom stereocenters. The summed E-state index contributed by atoms with van der Waals surface area (Å²) in [5.41, 5.74) is 1.91. The van der Waals surface area contributed by atoms with Crippen molar-refractivity contribution in [3.05, 3.63) is 24.2 Å². The Morgan fingerprint density at radius 3 is 3.00 bits per heavy atom. The van der Waals surface area contributed by atoms with Crippen molar-refractivity contribution in [2.75, 3.05) is 20.3 Å². The van der Waals surface area contributed by atoms with Gasteiger partial charge in [-0.25, -0.2) is 9.97 Å². The molecule has 0 saturated carbocycles. The highest BCUT2D eigenvalue weighted by molar-refractivity contribution is 5.71. The summed E-state index contributed by atoms with van der Waals surface area (Å²) in [5.74, 6) is 1.02. The van der Waals surface area contributed by atoms with Crippen molar-refractivity contribution < 1.29 is 4.74 Å². The number of pyridine rings is 1. The highest BCUT2D eigenvalue weighted by Crippen LogP contribution is 2.18. The van der Waals surface area contributed by atoms with Gasteiger partial charge in [-0.15, -0.1) is 0 Å². The minimum Gasteiger partial charge on any atom is -0.383 e. The van der Waals surface area contributed by atoms with Crippen LogP contribution in [0.5, 0.6) is 0 Å². The molecule has 2 aromatic heterocycles. The maximum absolute atomic E-state index is 5.01. The third-order valence-electron chi connectivity index (χ3n) is 2.80. The van der Waals surface area contributed by atoms with Gasteiger partial charge < -0.3 is 14.6 Å². The number of nitrogens with zero attached hydrogens (tertiary/aromatic N) is 3. The van der Waals surface area contributed by atoms with Crippen LogP contribution in [0.15, 0.2) is 18.3 Å². The van der Waals surface area contributed by atoms with E-state index in [1.807, 2.05) is 18.3 Å². The highest BCUT2D eigenvalue weighted by atomic mass is 16.5. The third-order valence-corrected chi connectivity index (χ3v) is 2.80. The van der Waals surface area contributed by atoms with Crippen LogP contribution in [0.1, 0.15) is 25.7 Å². The number of fused-ring (bicyclic) bond motifs is 1. The van der Waals surface area contributed by atoms with Gasteiger partial charge in [0, 0.05) is 25.9 Å². The number of ether oxygens (including phenoxy) is 1. The molecule has 2 heterocycles. The molecule has 5 heteroatoms. The van der Waals surface area contributed by atoms with Crippen LogP contribution >= 0.6 is 0 Å². The Hall–Kier alpha value is -1.46. The van der Waals surface area contributed by atoms with E-state index in [4.69, 9.17) is 4.74 Å². The number of rotatable bonds is 6. The van der Waals surface area contributed by atoms with Crippen molar-refractivity contribution in [1.82, 2.24) is 19.9 Å². The molecule has 0 aliphatic heterocycles. The third kappa shape index (κ3) is 2.68. The second-order valence-electron chi connectivity index (χ2n) is 4.51. The largest absolute Gasteiger partial charge is 0.383 e. The van der Waals surface area contributed by atoms with Gasteiger partial charge in [0.25, 0.3) is 0 Å². The first-order valence-electron chi connectivity index (χ1n) is 6.25. The summed E-state index contributed by atoms with van der Waals surface area (Å²) >= 11 is 0. The molecule has 98 valence electrons. The molecule has 18 heavy (non-hydrogen) atoms. The standard InChI is InChI=1S/C13H20N4O/c1-10(2)17-12(9-14-7-8-18-3)16-11-5-4-6-15-13(11)17/h4-6,10,14H,7-9H2,1-3H3. The molecule has 5 nitrogen and oxygen atoms in total. The molecule has 0 aliphatic rings. The van der Waals surface area contributed by atoms with Crippen molar-refractivity contribution in [2.24, 2.45) is 0 Å². The molecule has 0 unspecified atom stereocenters. The number of aromatic nitrogens is 3. The number of methoxy groups -OCH3 is 1. The molecule has 2 aromatic rings. The van der Waals surface area contributed by atoms with Gasteiger partial charge in [-0.1, -0.05) is 0 Å². The lowest BCUT2D eigenvalue weighted by Gasteiger charge is -2.12. The molecule has 0 saturated heterocycles. The zero-order valence-corrected chi connectivity index (χ0v) is 11.2. The summed E-state index contributed by atoms with van der Waals surface area (Å²) in [6.07, 6.45) is 1.81. The number of hydrogen-bond acceptors (Lipinski definition) is 4. The molecule has 0 spiro atoms. The number of hydrogen-bond donors (Lipinski definition) is 1. The maximum atomic E-state index is 5.01. The van der Waals surface area contributed by atoms with Crippen molar-refractivity contribution in [3.63, 3.8) is 0 Å². The molecular weight excluding hydrogens is 228 g/mol. The molecule has 1 N–H and O–H groups in total. The van der Waals surface area contributed by atoms with Gasteiger partial charge >= 0.3 is 0 Å². The van der Waals surface area contributed by atoms with E-state index in [2.05, 4.69) is 33.7 Å². The van der Waals surface area contributed by atoms with E-state index < -0.39 is 0 Å². The van der Waals surface area contributed by atoms with Gasteiger partial charge in [0.15, 0.2) is 5.65 Å². The van der Waals surface area contributed by atoms with Gasteiger partial charge in [0.2, 0.25) is 0 Å². The Labute approximate surface area is 107 Å². The van der Waals surface area contributed by atoms with E-state index in [0.717, 1.165) is 30.1 Å².